The van der Waals surface area contributed by atoms with Crippen LogP contribution in [0.4, 0.5) is 11.4 Å². The van der Waals surface area contributed by atoms with Crippen molar-refractivity contribution in [1.82, 2.24) is 19.6 Å². The number of hydrogen-bond acceptors (Lipinski definition) is 4. The second kappa shape index (κ2) is 9.35. The lowest BCUT2D eigenvalue weighted by Crippen LogP contribution is -2.21. The van der Waals surface area contributed by atoms with E-state index in [1.165, 1.54) is 10.9 Å². The summed E-state index contributed by atoms with van der Waals surface area (Å²) in [6.45, 7) is 1.86. The molecule has 0 aliphatic heterocycles. The molecule has 0 radical (unpaired) electrons. The largest absolute Gasteiger partial charge is 0.319 e. The predicted molar refractivity (Wildman–Crippen MR) is 128 cm³/mol. The van der Waals surface area contributed by atoms with Crippen molar-refractivity contribution in [3.63, 3.8) is 0 Å². The van der Waals surface area contributed by atoms with Gasteiger partial charge in [0.05, 0.1) is 29.5 Å². The minimum Gasteiger partial charge on any atom is -0.319 e. The van der Waals surface area contributed by atoms with Crippen molar-refractivity contribution in [2.24, 2.45) is 14.1 Å². The first-order valence-electron chi connectivity index (χ1n) is 10.4. The number of rotatable bonds is 6. The van der Waals surface area contributed by atoms with Crippen LogP contribution in [0.3, 0.4) is 0 Å². The first-order valence-corrected chi connectivity index (χ1v) is 10.4. The van der Waals surface area contributed by atoms with E-state index in [4.69, 9.17) is 0 Å². The highest BCUT2D eigenvalue weighted by molar-refractivity contribution is 6.29. The van der Waals surface area contributed by atoms with Gasteiger partial charge in [0.1, 0.15) is 5.69 Å². The normalized spacial score (nSPS) is 11.3. The van der Waals surface area contributed by atoms with Gasteiger partial charge < -0.3 is 10.6 Å². The standard InChI is InChI=1S/C25H24N6O2/c1-17-21(15-26-30(17)2)28-25(33)23-22(16-27-31(23)3)29-24(32)20(19-12-8-5-9-13-19)14-18-10-6-4-7-11-18/h4-16H,1-3H3,(H,28,33)(H,29,32)/b20-14-. The molecule has 2 amide bonds. The van der Waals surface area contributed by atoms with Crippen LogP contribution in [-0.2, 0) is 18.9 Å². The van der Waals surface area contributed by atoms with Crippen LogP contribution < -0.4 is 10.6 Å². The average molecular weight is 441 g/mol. The van der Waals surface area contributed by atoms with Crippen LogP contribution in [0.5, 0.6) is 0 Å². The molecule has 0 saturated carbocycles. The van der Waals surface area contributed by atoms with Crippen molar-refractivity contribution in [2.75, 3.05) is 10.6 Å². The number of carbonyl (C=O) groups is 2. The zero-order valence-electron chi connectivity index (χ0n) is 18.6. The molecule has 0 fully saturated rings. The molecule has 0 aliphatic rings. The maximum atomic E-state index is 13.4. The number of nitrogens with one attached hydrogen (secondary N) is 2. The van der Waals surface area contributed by atoms with Crippen LogP contribution in [0.1, 0.15) is 27.3 Å². The SMILES string of the molecule is Cc1c(NC(=O)c2c(NC(=O)/C(=C\c3ccccc3)c3ccccc3)cnn2C)cnn1C. The molecule has 8 heteroatoms. The Kier molecular flexibility index (Phi) is 6.17. The minimum absolute atomic E-state index is 0.235. The van der Waals surface area contributed by atoms with E-state index in [1.54, 1.807) is 25.0 Å². The fraction of sp³-hybridized carbons (Fsp3) is 0.120. The molecule has 33 heavy (non-hydrogen) atoms. The topological polar surface area (TPSA) is 93.8 Å². The summed E-state index contributed by atoms with van der Waals surface area (Å²) in [6, 6.07) is 19.0. The Morgan fingerprint density at radius 2 is 1.42 bits per heavy atom. The van der Waals surface area contributed by atoms with Crippen molar-refractivity contribution in [2.45, 2.75) is 6.92 Å². The summed E-state index contributed by atoms with van der Waals surface area (Å²) in [4.78, 5) is 26.4. The zero-order chi connectivity index (χ0) is 23.4. The third-order valence-corrected chi connectivity index (χ3v) is 5.33. The van der Waals surface area contributed by atoms with E-state index in [1.807, 2.05) is 73.7 Å². The average Bonchev–Trinajstić information content (AvgIpc) is 3.35. The highest BCUT2D eigenvalue weighted by Crippen LogP contribution is 2.23. The molecule has 2 aromatic heterocycles. The Hall–Kier alpha value is -4.46. The van der Waals surface area contributed by atoms with Gasteiger partial charge in [-0.3, -0.25) is 19.0 Å². The van der Waals surface area contributed by atoms with Crippen LogP contribution in [0.25, 0.3) is 11.6 Å². The number of aryl methyl sites for hydroxylation is 2. The third-order valence-electron chi connectivity index (χ3n) is 5.33. The second-order valence-corrected chi connectivity index (χ2v) is 7.54. The summed E-state index contributed by atoms with van der Waals surface area (Å²) >= 11 is 0. The molecule has 8 nitrogen and oxygen atoms in total. The Balaban J connectivity index is 1.64. The van der Waals surface area contributed by atoms with Crippen LogP contribution in [0.2, 0.25) is 0 Å². The summed E-state index contributed by atoms with van der Waals surface area (Å²) in [7, 11) is 3.45. The van der Waals surface area contributed by atoms with E-state index in [-0.39, 0.29) is 11.6 Å². The number of hydrogen-bond donors (Lipinski definition) is 2. The molecule has 0 aliphatic carbocycles. The van der Waals surface area contributed by atoms with Gasteiger partial charge in [-0.15, -0.1) is 0 Å². The predicted octanol–water partition coefficient (Wildman–Crippen LogP) is 3.89. The van der Waals surface area contributed by atoms with Crippen LogP contribution in [0.15, 0.2) is 73.1 Å². The van der Waals surface area contributed by atoms with Crippen molar-refractivity contribution in [1.29, 1.82) is 0 Å². The number of benzene rings is 2. The molecule has 4 rings (SSSR count). The monoisotopic (exact) mass is 440 g/mol. The van der Waals surface area contributed by atoms with Gasteiger partial charge in [0.2, 0.25) is 0 Å². The number of amides is 2. The molecule has 4 aromatic rings. The highest BCUT2D eigenvalue weighted by Gasteiger charge is 2.22. The fourth-order valence-corrected chi connectivity index (χ4v) is 3.40. The van der Waals surface area contributed by atoms with Crippen molar-refractivity contribution in [3.05, 3.63) is 95.6 Å². The quantitative estimate of drug-likeness (QED) is 0.351. The van der Waals surface area contributed by atoms with Gasteiger partial charge in [-0.2, -0.15) is 10.2 Å². The van der Waals surface area contributed by atoms with Gasteiger partial charge in [-0.05, 0) is 24.1 Å². The Morgan fingerprint density at radius 1 is 0.818 bits per heavy atom. The summed E-state index contributed by atoms with van der Waals surface area (Å²) in [5.41, 5.74) is 4.08. The maximum absolute atomic E-state index is 13.4. The minimum atomic E-state index is -0.394. The Bertz CT molecular complexity index is 1320. The molecule has 0 saturated heterocycles. The number of anilines is 2. The summed E-state index contributed by atoms with van der Waals surface area (Å²) in [5.74, 6) is -0.737. The lowest BCUT2D eigenvalue weighted by atomic mass is 10.0. The van der Waals surface area contributed by atoms with E-state index < -0.39 is 5.91 Å². The zero-order valence-corrected chi connectivity index (χ0v) is 18.6. The van der Waals surface area contributed by atoms with Crippen molar-refractivity contribution >= 4 is 34.8 Å². The highest BCUT2D eigenvalue weighted by atomic mass is 16.2. The summed E-state index contributed by atoms with van der Waals surface area (Å²) in [5, 5.41) is 14.0. The van der Waals surface area contributed by atoms with Gasteiger partial charge in [-0.1, -0.05) is 60.7 Å². The number of aromatic nitrogens is 4. The van der Waals surface area contributed by atoms with E-state index in [0.29, 0.717) is 16.9 Å². The molecule has 0 spiro atoms. The van der Waals surface area contributed by atoms with Crippen LogP contribution in [0, 0.1) is 6.92 Å². The van der Waals surface area contributed by atoms with Gasteiger partial charge in [0.15, 0.2) is 0 Å². The molecular weight excluding hydrogens is 416 g/mol. The number of carbonyl (C=O) groups excluding carboxylic acids is 2. The first kappa shape index (κ1) is 21.8. The van der Waals surface area contributed by atoms with Crippen LogP contribution >= 0.6 is 0 Å². The molecular formula is C25H24N6O2. The first-order chi connectivity index (χ1) is 15.9. The van der Waals surface area contributed by atoms with Crippen LogP contribution in [-0.4, -0.2) is 31.4 Å². The van der Waals surface area contributed by atoms with Gasteiger partial charge in [0, 0.05) is 19.7 Å². The second-order valence-electron chi connectivity index (χ2n) is 7.54. The Morgan fingerprint density at radius 3 is 2.06 bits per heavy atom. The summed E-state index contributed by atoms with van der Waals surface area (Å²) < 4.78 is 3.10. The van der Waals surface area contributed by atoms with Gasteiger partial charge in [-0.25, -0.2) is 0 Å². The lowest BCUT2D eigenvalue weighted by molar-refractivity contribution is -0.111. The molecule has 2 N–H and O–H groups in total. The van der Waals surface area contributed by atoms with E-state index in [2.05, 4.69) is 20.8 Å². The number of nitrogens with zero attached hydrogens (tertiary/aromatic N) is 4. The molecule has 0 unspecified atom stereocenters. The molecule has 0 atom stereocenters. The van der Waals surface area contributed by atoms with E-state index in [0.717, 1.165) is 16.8 Å². The van der Waals surface area contributed by atoms with Crippen molar-refractivity contribution < 1.29 is 9.59 Å². The summed E-state index contributed by atoms with van der Waals surface area (Å²) in [6.07, 6.45) is 4.87. The molecule has 2 aromatic carbocycles. The smallest absolute Gasteiger partial charge is 0.276 e. The Labute approximate surface area is 191 Å². The molecule has 166 valence electrons. The lowest BCUT2D eigenvalue weighted by Gasteiger charge is -2.11. The maximum Gasteiger partial charge on any atom is 0.276 e. The van der Waals surface area contributed by atoms with Crippen molar-refractivity contribution in [3.8, 4) is 0 Å². The van der Waals surface area contributed by atoms with E-state index in [9.17, 15) is 9.59 Å². The third kappa shape index (κ3) is 4.74. The fourth-order valence-electron chi connectivity index (χ4n) is 3.40. The van der Waals surface area contributed by atoms with Gasteiger partial charge >= 0.3 is 0 Å². The van der Waals surface area contributed by atoms with Gasteiger partial charge in [0.25, 0.3) is 11.8 Å². The van der Waals surface area contributed by atoms with E-state index >= 15 is 0 Å². The molecule has 2 heterocycles. The molecule has 0 bridgehead atoms.